The number of hydrogen-bond donors (Lipinski definition) is 2. The van der Waals surface area contributed by atoms with Crippen LogP contribution in [0.2, 0.25) is 0 Å². The fourth-order valence-electron chi connectivity index (χ4n) is 1.80. The quantitative estimate of drug-likeness (QED) is 0.803. The van der Waals surface area contributed by atoms with E-state index in [0.717, 1.165) is 29.9 Å². The van der Waals surface area contributed by atoms with Crippen molar-refractivity contribution in [3.05, 3.63) is 23.8 Å². The first kappa shape index (κ1) is 11.2. The molecule has 1 heterocycles. The molecule has 0 aromatic heterocycles. The third kappa shape index (κ3) is 2.46. The first-order chi connectivity index (χ1) is 7.81. The molecule has 0 unspecified atom stereocenters. The Bertz CT molecular complexity index is 355. The van der Waals surface area contributed by atoms with Crippen molar-refractivity contribution in [3.8, 4) is 11.5 Å². The zero-order chi connectivity index (χ0) is 11.4. The van der Waals surface area contributed by atoms with Crippen molar-refractivity contribution in [2.75, 3.05) is 19.8 Å². The summed E-state index contributed by atoms with van der Waals surface area (Å²) in [6.07, 6.45) is 1.84. The van der Waals surface area contributed by atoms with Gasteiger partial charge in [0.15, 0.2) is 11.5 Å². The van der Waals surface area contributed by atoms with E-state index in [9.17, 15) is 0 Å². The molecule has 4 nitrogen and oxygen atoms in total. The van der Waals surface area contributed by atoms with Crippen LogP contribution < -0.4 is 20.9 Å². The number of rotatable bonds is 4. The van der Waals surface area contributed by atoms with Gasteiger partial charge in [0.05, 0.1) is 0 Å². The molecular formula is C12H18N2O2. The van der Waals surface area contributed by atoms with Crippen molar-refractivity contribution in [2.24, 2.45) is 11.5 Å². The zero-order valence-electron chi connectivity index (χ0n) is 9.32. The molecule has 1 aliphatic heterocycles. The van der Waals surface area contributed by atoms with Crippen molar-refractivity contribution in [1.82, 2.24) is 0 Å². The molecule has 0 spiro atoms. The summed E-state index contributed by atoms with van der Waals surface area (Å²) >= 11 is 0. The minimum atomic E-state index is 0.0272. The molecule has 0 bridgehead atoms. The predicted molar refractivity (Wildman–Crippen MR) is 62.6 cm³/mol. The number of nitrogens with two attached hydrogens (primary N) is 2. The number of ether oxygens (including phenoxy) is 2. The summed E-state index contributed by atoms with van der Waals surface area (Å²) in [4.78, 5) is 0. The Morgan fingerprint density at radius 3 is 2.69 bits per heavy atom. The lowest BCUT2D eigenvalue weighted by Gasteiger charge is -2.20. The normalized spacial score (nSPS) is 15.9. The molecule has 0 saturated carbocycles. The maximum Gasteiger partial charge on any atom is 0.161 e. The molecule has 4 N–H and O–H groups in total. The molecule has 1 aromatic rings. The van der Waals surface area contributed by atoms with E-state index >= 15 is 0 Å². The molecule has 4 heteroatoms. The predicted octanol–water partition coefficient (Wildman–Crippen LogP) is 1.20. The lowest BCUT2D eigenvalue weighted by atomic mass is 10.0. The lowest BCUT2D eigenvalue weighted by molar-refractivity contribution is 0.171. The number of hydrogen-bond acceptors (Lipinski definition) is 4. The van der Waals surface area contributed by atoms with E-state index in [2.05, 4.69) is 0 Å². The van der Waals surface area contributed by atoms with Crippen LogP contribution in [0, 0.1) is 0 Å². The SMILES string of the molecule is NCCC[C@H](N)c1ccc2c(c1)OCCO2. The van der Waals surface area contributed by atoms with E-state index in [1.165, 1.54) is 0 Å². The minimum Gasteiger partial charge on any atom is -0.486 e. The monoisotopic (exact) mass is 222 g/mol. The third-order valence-corrected chi connectivity index (χ3v) is 2.71. The van der Waals surface area contributed by atoms with E-state index < -0.39 is 0 Å². The van der Waals surface area contributed by atoms with Gasteiger partial charge < -0.3 is 20.9 Å². The second-order valence-corrected chi connectivity index (χ2v) is 3.94. The molecule has 0 radical (unpaired) electrons. The molecule has 0 aliphatic carbocycles. The van der Waals surface area contributed by atoms with Crippen molar-refractivity contribution in [1.29, 1.82) is 0 Å². The summed E-state index contributed by atoms with van der Waals surface area (Å²) in [5, 5.41) is 0. The molecule has 1 aromatic carbocycles. The third-order valence-electron chi connectivity index (χ3n) is 2.71. The fraction of sp³-hybridized carbons (Fsp3) is 0.500. The average Bonchev–Trinajstić information content (AvgIpc) is 2.35. The molecular weight excluding hydrogens is 204 g/mol. The smallest absolute Gasteiger partial charge is 0.161 e. The van der Waals surface area contributed by atoms with Crippen molar-refractivity contribution in [3.63, 3.8) is 0 Å². The summed E-state index contributed by atoms with van der Waals surface area (Å²) < 4.78 is 11.0. The number of fused-ring (bicyclic) bond motifs is 1. The first-order valence-electron chi connectivity index (χ1n) is 5.66. The van der Waals surface area contributed by atoms with Crippen LogP contribution in [0.1, 0.15) is 24.4 Å². The molecule has 1 aliphatic rings. The summed E-state index contributed by atoms with van der Waals surface area (Å²) in [6.45, 7) is 1.90. The zero-order valence-corrected chi connectivity index (χ0v) is 9.32. The van der Waals surface area contributed by atoms with E-state index in [1.54, 1.807) is 0 Å². The molecule has 0 amide bonds. The van der Waals surface area contributed by atoms with Gasteiger partial charge in [-0.05, 0) is 37.1 Å². The lowest BCUT2D eigenvalue weighted by Crippen LogP contribution is -2.17. The van der Waals surface area contributed by atoms with E-state index in [1.807, 2.05) is 18.2 Å². The highest BCUT2D eigenvalue weighted by molar-refractivity contribution is 5.44. The van der Waals surface area contributed by atoms with E-state index in [-0.39, 0.29) is 6.04 Å². The van der Waals surface area contributed by atoms with Gasteiger partial charge in [-0.3, -0.25) is 0 Å². The Labute approximate surface area is 95.5 Å². The summed E-state index contributed by atoms with van der Waals surface area (Å²) in [5.41, 5.74) is 12.6. The van der Waals surface area contributed by atoms with Crippen molar-refractivity contribution in [2.45, 2.75) is 18.9 Å². The van der Waals surface area contributed by atoms with Crippen LogP contribution in [0.25, 0.3) is 0 Å². The highest BCUT2D eigenvalue weighted by Gasteiger charge is 2.14. The Morgan fingerprint density at radius 2 is 1.94 bits per heavy atom. The van der Waals surface area contributed by atoms with Crippen LogP contribution in [0.15, 0.2) is 18.2 Å². The van der Waals surface area contributed by atoms with Crippen LogP contribution >= 0.6 is 0 Å². The molecule has 88 valence electrons. The highest BCUT2D eigenvalue weighted by atomic mass is 16.6. The van der Waals surface area contributed by atoms with Crippen LogP contribution in [0.3, 0.4) is 0 Å². The Hall–Kier alpha value is -1.26. The molecule has 0 saturated heterocycles. The maximum absolute atomic E-state index is 6.06. The molecule has 0 fully saturated rings. The second-order valence-electron chi connectivity index (χ2n) is 3.94. The summed E-state index contributed by atoms with van der Waals surface area (Å²) in [5.74, 6) is 1.60. The average molecular weight is 222 g/mol. The van der Waals surface area contributed by atoms with E-state index in [4.69, 9.17) is 20.9 Å². The summed E-state index contributed by atoms with van der Waals surface area (Å²) in [6, 6.07) is 5.91. The fourth-order valence-corrected chi connectivity index (χ4v) is 1.80. The Morgan fingerprint density at radius 1 is 1.19 bits per heavy atom. The standard InChI is InChI=1S/C12H18N2O2/c13-5-1-2-10(14)9-3-4-11-12(8-9)16-7-6-15-11/h3-4,8,10H,1-2,5-7,13-14H2/t10-/m0/s1. The molecule has 2 rings (SSSR count). The molecule has 1 atom stereocenters. The maximum atomic E-state index is 6.06. The van der Waals surface area contributed by atoms with Gasteiger partial charge in [0.2, 0.25) is 0 Å². The van der Waals surface area contributed by atoms with E-state index in [0.29, 0.717) is 19.8 Å². The topological polar surface area (TPSA) is 70.5 Å². The number of benzene rings is 1. The van der Waals surface area contributed by atoms with Crippen molar-refractivity contribution < 1.29 is 9.47 Å². The van der Waals surface area contributed by atoms with Crippen LogP contribution in [-0.2, 0) is 0 Å². The van der Waals surface area contributed by atoms with Gasteiger partial charge in [-0.2, -0.15) is 0 Å². The van der Waals surface area contributed by atoms with Crippen LogP contribution in [0.4, 0.5) is 0 Å². The van der Waals surface area contributed by atoms with Gasteiger partial charge in [-0.25, -0.2) is 0 Å². The first-order valence-corrected chi connectivity index (χ1v) is 5.66. The van der Waals surface area contributed by atoms with Crippen LogP contribution in [-0.4, -0.2) is 19.8 Å². The van der Waals surface area contributed by atoms with Gasteiger partial charge in [-0.1, -0.05) is 6.07 Å². The Kier molecular flexibility index (Phi) is 3.64. The minimum absolute atomic E-state index is 0.0272. The van der Waals surface area contributed by atoms with Gasteiger partial charge in [-0.15, -0.1) is 0 Å². The van der Waals surface area contributed by atoms with Gasteiger partial charge in [0.1, 0.15) is 13.2 Å². The largest absolute Gasteiger partial charge is 0.486 e. The highest BCUT2D eigenvalue weighted by Crippen LogP contribution is 2.32. The summed E-state index contributed by atoms with van der Waals surface area (Å²) in [7, 11) is 0. The van der Waals surface area contributed by atoms with Crippen LogP contribution in [0.5, 0.6) is 11.5 Å². The Balaban J connectivity index is 2.10. The second kappa shape index (κ2) is 5.18. The van der Waals surface area contributed by atoms with Crippen molar-refractivity contribution >= 4 is 0 Å². The molecule has 16 heavy (non-hydrogen) atoms. The van der Waals surface area contributed by atoms with Gasteiger partial charge in [0.25, 0.3) is 0 Å². The van der Waals surface area contributed by atoms with Gasteiger partial charge in [0, 0.05) is 6.04 Å². The van der Waals surface area contributed by atoms with Gasteiger partial charge >= 0.3 is 0 Å².